The molecule has 0 aliphatic carbocycles. The van der Waals surface area contributed by atoms with Crippen molar-refractivity contribution in [3.05, 3.63) is 0 Å². The summed E-state index contributed by atoms with van der Waals surface area (Å²) in [6.07, 6.45) is 41.5. The number of esters is 2. The predicted molar refractivity (Wildman–Crippen MR) is 189 cm³/mol. The highest BCUT2D eigenvalue weighted by Gasteiger charge is 2.44. The molecule has 0 N–H and O–H groups in total. The summed E-state index contributed by atoms with van der Waals surface area (Å²) >= 11 is 0. The van der Waals surface area contributed by atoms with E-state index in [0.717, 1.165) is 25.2 Å². The molecule has 3 heteroatoms. The van der Waals surface area contributed by atoms with Gasteiger partial charge in [-0.1, -0.05) is 214 Å². The number of ether oxygens (including phenoxy) is 1. The van der Waals surface area contributed by atoms with Gasteiger partial charge in [0.1, 0.15) is 0 Å². The third-order valence-electron chi connectivity index (χ3n) is 9.67. The number of carbonyl (C=O) groups excluding carboxylic acids is 2. The van der Waals surface area contributed by atoms with Crippen LogP contribution in [0.15, 0.2) is 0 Å². The van der Waals surface area contributed by atoms with Crippen molar-refractivity contribution < 1.29 is 14.3 Å². The van der Waals surface area contributed by atoms with E-state index >= 15 is 0 Å². The monoisotopic (exact) mass is 607 g/mol. The van der Waals surface area contributed by atoms with E-state index in [9.17, 15) is 9.59 Å². The Balaban J connectivity index is 0.000000869. The quantitative estimate of drug-likeness (QED) is 0.0464. The average Bonchev–Trinajstić information content (AvgIpc) is 3.25. The van der Waals surface area contributed by atoms with Crippen molar-refractivity contribution in [3.63, 3.8) is 0 Å². The molecule has 0 amide bonds. The van der Waals surface area contributed by atoms with Gasteiger partial charge in [0, 0.05) is 0 Å². The average molecular weight is 607 g/mol. The number of unbranched alkanes of at least 4 members (excludes halogenated alkanes) is 24. The van der Waals surface area contributed by atoms with Crippen LogP contribution in [0.3, 0.4) is 0 Å². The van der Waals surface area contributed by atoms with Crippen LogP contribution in [0.25, 0.3) is 0 Å². The lowest BCUT2D eigenvalue weighted by molar-refractivity contribution is -0.155. The molecular formula is C40H78O3. The van der Waals surface area contributed by atoms with Gasteiger partial charge in [0.05, 0.1) is 11.8 Å². The minimum atomic E-state index is -0.548. The fourth-order valence-corrected chi connectivity index (χ4v) is 6.42. The van der Waals surface area contributed by atoms with Crippen molar-refractivity contribution >= 4 is 11.9 Å². The van der Waals surface area contributed by atoms with E-state index in [1.807, 2.05) is 6.92 Å². The zero-order chi connectivity index (χ0) is 31.9. The Bertz CT molecular complexity index is 615. The molecule has 0 aromatic carbocycles. The first-order valence-electron chi connectivity index (χ1n) is 19.6. The molecule has 1 fully saturated rings. The van der Waals surface area contributed by atoms with Gasteiger partial charge < -0.3 is 4.74 Å². The van der Waals surface area contributed by atoms with E-state index in [0.29, 0.717) is 0 Å². The molecule has 2 atom stereocenters. The van der Waals surface area contributed by atoms with E-state index in [1.54, 1.807) is 0 Å². The van der Waals surface area contributed by atoms with E-state index in [1.165, 1.54) is 173 Å². The van der Waals surface area contributed by atoms with Crippen molar-refractivity contribution in [3.8, 4) is 0 Å². The third-order valence-corrected chi connectivity index (χ3v) is 9.67. The lowest BCUT2D eigenvalue weighted by Gasteiger charge is -2.16. The van der Waals surface area contributed by atoms with Crippen molar-refractivity contribution in [2.24, 2.45) is 11.3 Å². The summed E-state index contributed by atoms with van der Waals surface area (Å²) in [5.74, 6) is 0.304. The fraction of sp³-hybridized carbons (Fsp3) is 0.950. The lowest BCUT2D eigenvalue weighted by atomic mass is 9.83. The van der Waals surface area contributed by atoms with Gasteiger partial charge in [-0.3, -0.25) is 9.59 Å². The first-order chi connectivity index (χ1) is 20.9. The summed E-state index contributed by atoms with van der Waals surface area (Å²) in [4.78, 5) is 22.8. The van der Waals surface area contributed by atoms with Crippen molar-refractivity contribution in [2.75, 3.05) is 0 Å². The number of hydrogen-bond donors (Lipinski definition) is 0. The number of rotatable bonds is 30. The van der Waals surface area contributed by atoms with Gasteiger partial charge in [-0.2, -0.15) is 0 Å². The second-order valence-corrected chi connectivity index (χ2v) is 14.4. The summed E-state index contributed by atoms with van der Waals surface area (Å²) in [6, 6.07) is 0. The molecule has 1 aliphatic rings. The maximum absolute atomic E-state index is 11.6. The Morgan fingerprint density at radius 3 is 1.14 bits per heavy atom. The molecule has 0 spiro atoms. The van der Waals surface area contributed by atoms with Crippen LogP contribution in [0.2, 0.25) is 0 Å². The summed E-state index contributed by atoms with van der Waals surface area (Å²) < 4.78 is 4.67. The number of cyclic esters (lactones) is 2. The topological polar surface area (TPSA) is 43.4 Å². The maximum Gasteiger partial charge on any atom is 0.320 e. The largest absolute Gasteiger partial charge is 0.393 e. The Labute approximate surface area is 270 Å². The number of carbonyl (C=O) groups is 2. The Hall–Kier alpha value is -0.860. The molecule has 0 aromatic rings. The van der Waals surface area contributed by atoms with E-state index in [-0.39, 0.29) is 18.4 Å². The first-order valence-corrected chi connectivity index (χ1v) is 19.6. The smallest absolute Gasteiger partial charge is 0.320 e. The molecule has 256 valence electrons. The first kappa shape index (κ1) is 42.1. The zero-order valence-electron chi connectivity index (χ0n) is 30.2. The molecule has 1 saturated heterocycles. The molecule has 1 heterocycles. The van der Waals surface area contributed by atoms with Gasteiger partial charge in [-0.15, -0.1) is 0 Å². The number of hydrogen-bond acceptors (Lipinski definition) is 3. The standard InChI is InChI=1S/C22H40O3.C18H38/c1-3-4-5-6-7-8-9-10-11-12-13-14-15-16-17-18-22(2)19-20(23)25-21(22)24;1-4-6-8-10-11-12-13-15-17-18(3)16-14-9-7-5-2/h3-19H2,1-2H3;18H,4-17H2,1-3H3. The second kappa shape index (κ2) is 31.1. The van der Waals surface area contributed by atoms with Crippen LogP contribution in [0.4, 0.5) is 0 Å². The van der Waals surface area contributed by atoms with E-state index < -0.39 is 5.41 Å². The summed E-state index contributed by atoms with van der Waals surface area (Å²) in [7, 11) is 0. The van der Waals surface area contributed by atoms with Gasteiger partial charge in [-0.25, -0.2) is 0 Å². The molecule has 2 unspecified atom stereocenters. The molecule has 43 heavy (non-hydrogen) atoms. The maximum atomic E-state index is 11.6. The van der Waals surface area contributed by atoms with Gasteiger partial charge >= 0.3 is 11.9 Å². The lowest BCUT2D eigenvalue weighted by Crippen LogP contribution is -2.22. The van der Waals surface area contributed by atoms with Crippen LogP contribution in [-0.2, 0) is 14.3 Å². The van der Waals surface area contributed by atoms with Gasteiger partial charge in [0.25, 0.3) is 0 Å². The highest BCUT2D eigenvalue weighted by molar-refractivity contribution is 5.97. The van der Waals surface area contributed by atoms with Crippen molar-refractivity contribution in [1.29, 1.82) is 0 Å². The summed E-state index contributed by atoms with van der Waals surface area (Å²) in [6.45, 7) is 11.2. The van der Waals surface area contributed by atoms with E-state index in [4.69, 9.17) is 0 Å². The van der Waals surface area contributed by atoms with Crippen molar-refractivity contribution in [2.45, 2.75) is 234 Å². The summed E-state index contributed by atoms with van der Waals surface area (Å²) in [5, 5.41) is 0. The van der Waals surface area contributed by atoms with Crippen molar-refractivity contribution in [1.82, 2.24) is 0 Å². The fourth-order valence-electron chi connectivity index (χ4n) is 6.42. The van der Waals surface area contributed by atoms with E-state index in [2.05, 4.69) is 32.4 Å². The van der Waals surface area contributed by atoms with Gasteiger partial charge in [0.15, 0.2) is 0 Å². The van der Waals surface area contributed by atoms with Crippen LogP contribution >= 0.6 is 0 Å². The van der Waals surface area contributed by atoms with Gasteiger partial charge in [0.2, 0.25) is 0 Å². The van der Waals surface area contributed by atoms with Gasteiger partial charge in [-0.05, 0) is 19.3 Å². The highest BCUT2D eigenvalue weighted by atomic mass is 16.6. The van der Waals surface area contributed by atoms with Crippen LogP contribution in [0, 0.1) is 11.3 Å². The molecular weight excluding hydrogens is 528 g/mol. The molecule has 0 aromatic heterocycles. The van der Waals surface area contributed by atoms with Crippen LogP contribution in [-0.4, -0.2) is 11.9 Å². The Kier molecular flexibility index (Phi) is 30.5. The summed E-state index contributed by atoms with van der Waals surface area (Å²) in [5.41, 5.74) is -0.548. The molecule has 0 radical (unpaired) electrons. The Morgan fingerprint density at radius 2 is 0.814 bits per heavy atom. The molecule has 0 saturated carbocycles. The molecule has 0 bridgehead atoms. The normalized spacial score (nSPS) is 17.1. The molecule has 1 rings (SSSR count). The second-order valence-electron chi connectivity index (χ2n) is 14.4. The molecule has 3 nitrogen and oxygen atoms in total. The SMILES string of the molecule is CCCCCCCCCCC(C)CCCCCC.CCCCCCCCCCCCCCCCCC1(C)CC(=O)OC1=O. The third kappa shape index (κ3) is 27.2. The van der Waals surface area contributed by atoms with Crippen LogP contribution < -0.4 is 0 Å². The van der Waals surface area contributed by atoms with Crippen LogP contribution in [0.1, 0.15) is 234 Å². The minimum absolute atomic E-state index is 0.268. The predicted octanol–water partition coefficient (Wildman–Crippen LogP) is 13.9. The zero-order valence-corrected chi connectivity index (χ0v) is 30.2. The van der Waals surface area contributed by atoms with Crippen LogP contribution in [0.5, 0.6) is 0 Å². The molecule has 1 aliphatic heterocycles. The highest BCUT2D eigenvalue weighted by Crippen LogP contribution is 2.35. The minimum Gasteiger partial charge on any atom is -0.393 e. The Morgan fingerprint density at radius 1 is 0.512 bits per heavy atom.